The zero-order chi connectivity index (χ0) is 17.0. The molecule has 2 rings (SSSR count). The summed E-state index contributed by atoms with van der Waals surface area (Å²) in [6.45, 7) is 10.0. The van der Waals surface area contributed by atoms with Crippen LogP contribution in [0.5, 0.6) is 0 Å². The van der Waals surface area contributed by atoms with E-state index in [4.69, 9.17) is 5.73 Å². The van der Waals surface area contributed by atoms with Crippen molar-refractivity contribution in [3.63, 3.8) is 0 Å². The van der Waals surface area contributed by atoms with Crippen LogP contribution in [0, 0.1) is 5.92 Å². The topological polar surface area (TPSA) is 72.1 Å². The highest BCUT2D eigenvalue weighted by Crippen LogP contribution is 2.23. The first kappa shape index (κ1) is 17.2. The Labute approximate surface area is 138 Å². The lowest BCUT2D eigenvalue weighted by Gasteiger charge is -2.37. The molecular weight excluding hydrogens is 288 g/mol. The van der Waals surface area contributed by atoms with E-state index in [1.165, 1.54) is 0 Å². The Hall–Kier alpha value is -2.17. The number of anilines is 1. The Morgan fingerprint density at radius 2 is 2.26 bits per heavy atom. The molecule has 0 bridgehead atoms. The number of rotatable bonds is 5. The molecule has 0 spiro atoms. The van der Waals surface area contributed by atoms with Gasteiger partial charge < -0.3 is 10.6 Å². The minimum atomic E-state index is -0.0900. The molecule has 2 atom stereocenters. The summed E-state index contributed by atoms with van der Waals surface area (Å²) in [5, 5.41) is 0. The van der Waals surface area contributed by atoms with Crippen molar-refractivity contribution in [2.24, 2.45) is 5.92 Å². The summed E-state index contributed by atoms with van der Waals surface area (Å²) >= 11 is 0. The van der Waals surface area contributed by atoms with Crippen molar-refractivity contribution >= 4 is 11.9 Å². The van der Waals surface area contributed by atoms with E-state index in [2.05, 4.69) is 42.5 Å². The van der Waals surface area contributed by atoms with Crippen LogP contribution in [0.15, 0.2) is 30.9 Å². The number of nitrogens with two attached hydrogens (primary N) is 1. The molecule has 5 heteroatoms. The minimum absolute atomic E-state index is 0.0333. The number of carbonyl (C=O) groups is 1. The zero-order valence-corrected chi connectivity index (χ0v) is 14.2. The van der Waals surface area contributed by atoms with E-state index < -0.39 is 0 Å². The van der Waals surface area contributed by atoms with Gasteiger partial charge in [0.1, 0.15) is 5.69 Å². The molecule has 0 aromatic carbocycles. The van der Waals surface area contributed by atoms with Crippen LogP contribution in [0.1, 0.15) is 49.8 Å². The third-order valence-corrected chi connectivity index (χ3v) is 3.96. The largest absolute Gasteiger partial charge is 0.368 e. The van der Waals surface area contributed by atoms with Crippen LogP contribution in [0.25, 0.3) is 0 Å². The number of nitrogens with zero attached hydrogens (tertiary/aromatic N) is 3. The second-order valence-corrected chi connectivity index (χ2v) is 6.50. The molecule has 1 aliphatic heterocycles. The smallest absolute Gasteiger partial charge is 0.273 e. The summed E-state index contributed by atoms with van der Waals surface area (Å²) in [6.07, 6.45) is 8.41. The number of amides is 1. The predicted molar refractivity (Wildman–Crippen MR) is 93.0 cm³/mol. The first-order valence-corrected chi connectivity index (χ1v) is 8.16. The zero-order valence-electron chi connectivity index (χ0n) is 14.2. The van der Waals surface area contributed by atoms with Crippen molar-refractivity contribution in [3.05, 3.63) is 42.3 Å². The second-order valence-electron chi connectivity index (χ2n) is 6.50. The average molecular weight is 314 g/mol. The van der Waals surface area contributed by atoms with Gasteiger partial charge in [-0.2, -0.15) is 0 Å². The molecule has 124 valence electrons. The summed E-state index contributed by atoms with van der Waals surface area (Å²) in [5.74, 6) is 0.511. The molecule has 23 heavy (non-hydrogen) atoms. The van der Waals surface area contributed by atoms with E-state index in [0.29, 0.717) is 11.6 Å². The Morgan fingerprint density at radius 1 is 1.52 bits per heavy atom. The molecule has 0 saturated carbocycles. The van der Waals surface area contributed by atoms with E-state index in [9.17, 15) is 4.79 Å². The highest BCUT2D eigenvalue weighted by molar-refractivity contribution is 5.93. The van der Waals surface area contributed by atoms with Gasteiger partial charge in [-0.3, -0.25) is 4.79 Å². The average Bonchev–Trinajstić information content (AvgIpc) is 2.46. The van der Waals surface area contributed by atoms with Gasteiger partial charge in [0.05, 0.1) is 0 Å². The summed E-state index contributed by atoms with van der Waals surface area (Å²) in [5.41, 5.74) is 7.00. The minimum Gasteiger partial charge on any atom is -0.368 e. The number of hydrogen-bond donors (Lipinski definition) is 1. The van der Waals surface area contributed by atoms with Crippen LogP contribution in [-0.2, 0) is 6.42 Å². The maximum Gasteiger partial charge on any atom is 0.273 e. The Kier molecular flexibility index (Phi) is 5.53. The monoisotopic (exact) mass is 314 g/mol. The molecule has 1 amide bonds. The molecule has 0 aliphatic carbocycles. The highest BCUT2D eigenvalue weighted by atomic mass is 16.2. The van der Waals surface area contributed by atoms with Gasteiger partial charge in [0.25, 0.3) is 5.91 Å². The molecule has 5 nitrogen and oxygen atoms in total. The van der Waals surface area contributed by atoms with E-state index in [1.54, 1.807) is 6.07 Å². The lowest BCUT2D eigenvalue weighted by molar-refractivity contribution is 0.0616. The third-order valence-electron chi connectivity index (χ3n) is 3.96. The SMILES string of the molecule is C=CC[C@@H]1CC=C[C@@H](C)N1C(=O)c1cc(CC(C)C)nc(N)n1. The molecule has 0 unspecified atom stereocenters. The van der Waals surface area contributed by atoms with Crippen molar-refractivity contribution in [2.75, 3.05) is 5.73 Å². The highest BCUT2D eigenvalue weighted by Gasteiger charge is 2.30. The fraction of sp³-hybridized carbons (Fsp3) is 0.500. The Balaban J connectivity index is 2.32. The fourth-order valence-electron chi connectivity index (χ4n) is 3.01. The molecule has 2 N–H and O–H groups in total. The molecule has 0 fully saturated rings. The van der Waals surface area contributed by atoms with Crippen molar-refractivity contribution < 1.29 is 4.79 Å². The first-order valence-electron chi connectivity index (χ1n) is 8.16. The fourth-order valence-corrected chi connectivity index (χ4v) is 3.01. The molecular formula is C18H26N4O. The second kappa shape index (κ2) is 7.40. The van der Waals surface area contributed by atoms with Crippen molar-refractivity contribution in [3.8, 4) is 0 Å². The van der Waals surface area contributed by atoms with Crippen molar-refractivity contribution in [2.45, 2.75) is 52.1 Å². The standard InChI is InChI=1S/C18H26N4O/c1-5-7-15-9-6-8-13(4)22(15)17(23)16-11-14(10-12(2)3)20-18(19)21-16/h5-6,8,11-13,15H,1,7,9-10H2,2-4H3,(H2,19,20,21)/t13-,15-/m1/s1. The van der Waals surface area contributed by atoms with Gasteiger partial charge in [-0.25, -0.2) is 9.97 Å². The Bertz CT molecular complexity index is 609. The molecule has 0 saturated heterocycles. The van der Waals surface area contributed by atoms with Gasteiger partial charge in [0, 0.05) is 17.8 Å². The number of nitrogen functional groups attached to an aromatic ring is 1. The maximum absolute atomic E-state index is 13.0. The van der Waals surface area contributed by atoms with E-state index in [0.717, 1.165) is 25.0 Å². The molecule has 1 aromatic heterocycles. The first-order chi connectivity index (χ1) is 10.9. The number of hydrogen-bond acceptors (Lipinski definition) is 4. The Morgan fingerprint density at radius 3 is 2.91 bits per heavy atom. The van der Waals surface area contributed by atoms with Gasteiger partial charge in [0.15, 0.2) is 0 Å². The summed E-state index contributed by atoms with van der Waals surface area (Å²) < 4.78 is 0. The van der Waals surface area contributed by atoms with Crippen LogP contribution >= 0.6 is 0 Å². The molecule has 1 aliphatic rings. The van der Waals surface area contributed by atoms with Crippen molar-refractivity contribution in [1.29, 1.82) is 0 Å². The quantitative estimate of drug-likeness (QED) is 0.848. The normalized spacial score (nSPS) is 20.8. The van der Waals surface area contributed by atoms with Gasteiger partial charge in [-0.05, 0) is 38.2 Å². The van der Waals surface area contributed by atoms with Crippen LogP contribution in [0.3, 0.4) is 0 Å². The summed E-state index contributed by atoms with van der Waals surface area (Å²) in [4.78, 5) is 23.3. The van der Waals surface area contributed by atoms with Crippen LogP contribution < -0.4 is 5.73 Å². The summed E-state index contributed by atoms with van der Waals surface area (Å²) in [6, 6.07) is 1.92. The number of carbonyl (C=O) groups excluding carboxylic acids is 1. The van der Waals surface area contributed by atoms with Crippen molar-refractivity contribution in [1.82, 2.24) is 14.9 Å². The van der Waals surface area contributed by atoms with E-state index in [1.807, 2.05) is 17.9 Å². The summed E-state index contributed by atoms with van der Waals surface area (Å²) in [7, 11) is 0. The van der Waals surface area contributed by atoms with Gasteiger partial charge in [-0.15, -0.1) is 6.58 Å². The molecule has 2 heterocycles. The third kappa shape index (κ3) is 4.18. The lowest BCUT2D eigenvalue weighted by Crippen LogP contribution is -2.47. The van der Waals surface area contributed by atoms with Gasteiger partial charge in [0.2, 0.25) is 5.95 Å². The van der Waals surface area contributed by atoms with E-state index in [-0.39, 0.29) is 23.9 Å². The van der Waals surface area contributed by atoms with E-state index >= 15 is 0 Å². The van der Waals surface area contributed by atoms with Gasteiger partial charge >= 0.3 is 0 Å². The lowest BCUT2D eigenvalue weighted by atomic mass is 9.99. The molecule has 0 radical (unpaired) electrons. The number of aromatic nitrogens is 2. The van der Waals surface area contributed by atoms with Gasteiger partial charge in [-0.1, -0.05) is 32.1 Å². The maximum atomic E-state index is 13.0. The van der Waals surface area contributed by atoms with Crippen LogP contribution in [-0.4, -0.2) is 32.9 Å². The predicted octanol–water partition coefficient (Wildman–Crippen LogP) is 2.99. The molecule has 1 aromatic rings. The van der Waals surface area contributed by atoms with Crippen LogP contribution in [0.2, 0.25) is 0 Å². The van der Waals surface area contributed by atoms with Crippen LogP contribution in [0.4, 0.5) is 5.95 Å².